The summed E-state index contributed by atoms with van der Waals surface area (Å²) in [6, 6.07) is 85.6. The zero-order chi connectivity index (χ0) is 41.0. The molecule has 1 aromatic heterocycles. The number of hydrogen-bond acceptors (Lipinski definition) is 2. The summed E-state index contributed by atoms with van der Waals surface area (Å²) in [5.74, 6) is 0. The summed E-state index contributed by atoms with van der Waals surface area (Å²) in [7, 11) is 0. The second-order valence-corrected chi connectivity index (χ2v) is 16.1. The number of benzene rings is 11. The highest BCUT2D eigenvalue weighted by molar-refractivity contribution is 6.11. The number of furan rings is 1. The highest BCUT2D eigenvalue weighted by Crippen LogP contribution is 2.44. The van der Waals surface area contributed by atoms with Crippen molar-refractivity contribution in [2.45, 2.75) is 0 Å². The lowest BCUT2D eigenvalue weighted by Gasteiger charge is -2.28. The van der Waals surface area contributed by atoms with E-state index >= 15 is 0 Å². The van der Waals surface area contributed by atoms with Gasteiger partial charge in [-0.05, 0) is 132 Å². The van der Waals surface area contributed by atoms with Gasteiger partial charge in [0.1, 0.15) is 11.2 Å². The van der Waals surface area contributed by atoms with E-state index in [1.807, 2.05) is 0 Å². The van der Waals surface area contributed by atoms with Gasteiger partial charge in [-0.3, -0.25) is 0 Å². The Morgan fingerprint density at radius 2 is 0.758 bits per heavy atom. The van der Waals surface area contributed by atoms with E-state index in [0.717, 1.165) is 50.1 Å². The van der Waals surface area contributed by atoms with E-state index in [1.165, 1.54) is 65.7 Å². The number of fused-ring (bicyclic) bond motifs is 6. The molecule has 12 rings (SSSR count). The maximum atomic E-state index is 6.42. The molecule has 2 nitrogen and oxygen atoms in total. The summed E-state index contributed by atoms with van der Waals surface area (Å²) in [5.41, 5.74) is 14.5. The van der Waals surface area contributed by atoms with E-state index in [-0.39, 0.29) is 0 Å². The van der Waals surface area contributed by atoms with E-state index in [0.29, 0.717) is 0 Å². The third-order valence-corrected chi connectivity index (χ3v) is 12.4. The molecule has 1 heterocycles. The summed E-state index contributed by atoms with van der Waals surface area (Å²) < 4.78 is 6.42. The van der Waals surface area contributed by atoms with Crippen LogP contribution in [-0.2, 0) is 0 Å². The maximum absolute atomic E-state index is 6.42. The Bertz CT molecular complexity index is 3610. The molecule has 290 valence electrons. The predicted octanol–water partition coefficient (Wildman–Crippen LogP) is 17.2. The third kappa shape index (κ3) is 6.29. The Balaban J connectivity index is 0.948. The van der Waals surface area contributed by atoms with Gasteiger partial charge < -0.3 is 9.32 Å². The van der Waals surface area contributed by atoms with Crippen molar-refractivity contribution in [1.29, 1.82) is 0 Å². The highest BCUT2D eigenvalue weighted by atomic mass is 16.3. The molecule has 0 fully saturated rings. The smallest absolute Gasteiger partial charge is 0.136 e. The molecule has 0 N–H and O–H groups in total. The molecule has 0 amide bonds. The van der Waals surface area contributed by atoms with Crippen molar-refractivity contribution in [3.63, 3.8) is 0 Å². The average Bonchev–Trinajstić information content (AvgIpc) is 3.70. The topological polar surface area (TPSA) is 16.4 Å². The largest absolute Gasteiger partial charge is 0.456 e. The molecule has 0 saturated heterocycles. The molecule has 11 aromatic carbocycles. The van der Waals surface area contributed by atoms with Crippen LogP contribution < -0.4 is 4.90 Å². The average molecular weight is 790 g/mol. The van der Waals surface area contributed by atoms with Crippen LogP contribution in [-0.4, -0.2) is 0 Å². The Hall–Kier alpha value is -8.20. The first-order chi connectivity index (χ1) is 30.7. The Morgan fingerprint density at radius 1 is 0.258 bits per heavy atom. The molecular formula is C60H39NO. The van der Waals surface area contributed by atoms with Gasteiger partial charge in [0, 0.05) is 27.7 Å². The second kappa shape index (κ2) is 14.8. The summed E-state index contributed by atoms with van der Waals surface area (Å²) in [5, 5.41) is 9.62. The van der Waals surface area contributed by atoms with Gasteiger partial charge in [0.15, 0.2) is 0 Å². The first kappa shape index (κ1) is 35.7. The molecule has 0 saturated carbocycles. The van der Waals surface area contributed by atoms with Crippen molar-refractivity contribution in [2.75, 3.05) is 4.90 Å². The third-order valence-electron chi connectivity index (χ3n) is 12.4. The van der Waals surface area contributed by atoms with Crippen LogP contribution in [0, 0.1) is 0 Å². The van der Waals surface area contributed by atoms with Crippen LogP contribution in [0.5, 0.6) is 0 Å². The van der Waals surface area contributed by atoms with E-state index < -0.39 is 0 Å². The molecule has 0 radical (unpaired) electrons. The van der Waals surface area contributed by atoms with Crippen LogP contribution in [0.1, 0.15) is 0 Å². The van der Waals surface area contributed by atoms with Crippen LogP contribution in [0.25, 0.3) is 98.8 Å². The maximum Gasteiger partial charge on any atom is 0.136 e. The molecule has 0 bridgehead atoms. The number of nitrogens with zero attached hydrogens (tertiary/aromatic N) is 1. The monoisotopic (exact) mass is 789 g/mol. The van der Waals surface area contributed by atoms with Crippen molar-refractivity contribution in [2.24, 2.45) is 0 Å². The van der Waals surface area contributed by atoms with E-state index in [9.17, 15) is 0 Å². The molecule has 0 aliphatic carbocycles. The van der Waals surface area contributed by atoms with Crippen LogP contribution in [0.3, 0.4) is 0 Å². The van der Waals surface area contributed by atoms with Crippen LogP contribution in [0.2, 0.25) is 0 Å². The number of hydrogen-bond donors (Lipinski definition) is 0. The van der Waals surface area contributed by atoms with Crippen molar-refractivity contribution < 1.29 is 4.42 Å². The molecule has 0 unspecified atom stereocenters. The van der Waals surface area contributed by atoms with Crippen molar-refractivity contribution in [1.82, 2.24) is 0 Å². The first-order valence-electron chi connectivity index (χ1n) is 21.2. The lowest BCUT2D eigenvalue weighted by molar-refractivity contribution is 0.669. The van der Waals surface area contributed by atoms with Crippen molar-refractivity contribution in [3.05, 3.63) is 237 Å². The van der Waals surface area contributed by atoms with Gasteiger partial charge >= 0.3 is 0 Å². The summed E-state index contributed by atoms with van der Waals surface area (Å²) in [6.07, 6.45) is 0. The SMILES string of the molecule is c1ccc(N(c2ccc(-c3ccc(-c4cccc5ccccc45)cc3)cc2)c2ccc(-c3ccc4ccccc4c3)cc2)c(-c2ccc3oc4cc5ccccc5cc4c3c2)c1. The van der Waals surface area contributed by atoms with Crippen LogP contribution in [0.4, 0.5) is 17.1 Å². The number of para-hydroxylation sites is 1. The lowest BCUT2D eigenvalue weighted by atomic mass is 9.96. The summed E-state index contributed by atoms with van der Waals surface area (Å²) in [6.45, 7) is 0. The number of rotatable bonds is 7. The molecular weight excluding hydrogens is 751 g/mol. The van der Waals surface area contributed by atoms with E-state index in [4.69, 9.17) is 4.42 Å². The summed E-state index contributed by atoms with van der Waals surface area (Å²) >= 11 is 0. The minimum Gasteiger partial charge on any atom is -0.456 e. The Labute approximate surface area is 360 Å². The molecule has 2 heteroatoms. The zero-order valence-corrected chi connectivity index (χ0v) is 33.9. The zero-order valence-electron chi connectivity index (χ0n) is 33.9. The molecule has 12 aromatic rings. The van der Waals surface area contributed by atoms with Gasteiger partial charge in [-0.2, -0.15) is 0 Å². The predicted molar refractivity (Wildman–Crippen MR) is 263 cm³/mol. The van der Waals surface area contributed by atoms with Gasteiger partial charge in [0.25, 0.3) is 0 Å². The fourth-order valence-corrected chi connectivity index (χ4v) is 9.26. The Morgan fingerprint density at radius 3 is 1.50 bits per heavy atom. The normalized spacial score (nSPS) is 11.5. The first-order valence-corrected chi connectivity index (χ1v) is 21.2. The van der Waals surface area contributed by atoms with Crippen molar-refractivity contribution >= 4 is 71.3 Å². The molecule has 0 spiro atoms. The number of anilines is 3. The molecule has 62 heavy (non-hydrogen) atoms. The van der Waals surface area contributed by atoms with E-state index in [1.54, 1.807) is 0 Å². The van der Waals surface area contributed by atoms with Gasteiger partial charge in [-0.1, -0.05) is 176 Å². The molecule has 0 aliphatic rings. The van der Waals surface area contributed by atoms with Crippen LogP contribution in [0.15, 0.2) is 241 Å². The summed E-state index contributed by atoms with van der Waals surface area (Å²) in [4.78, 5) is 2.39. The molecule has 0 atom stereocenters. The van der Waals surface area contributed by atoms with Gasteiger partial charge in [0.05, 0.1) is 5.69 Å². The minimum absolute atomic E-state index is 0.887. The second-order valence-electron chi connectivity index (χ2n) is 16.1. The Kier molecular flexibility index (Phi) is 8.53. The van der Waals surface area contributed by atoms with Gasteiger partial charge in [-0.15, -0.1) is 0 Å². The minimum atomic E-state index is 0.887. The fourth-order valence-electron chi connectivity index (χ4n) is 9.26. The lowest BCUT2D eigenvalue weighted by Crippen LogP contribution is -2.11. The van der Waals surface area contributed by atoms with E-state index in [2.05, 4.69) is 241 Å². The van der Waals surface area contributed by atoms with Crippen molar-refractivity contribution in [3.8, 4) is 44.5 Å². The standard InChI is InChI=1S/C60H39NO/c1-2-12-46-36-49(25-22-40(46)10-1)43-28-33-52(34-29-43)61(51-31-26-42(27-32-51)41-20-23-45(24-21-41)54-18-9-15-44-11-5-6-16-53(44)54)58-19-8-7-17-55(58)50-30-35-59-56(38-50)57-37-47-13-3-4-14-48(47)39-60(57)62-59/h1-39H. The fraction of sp³-hybridized carbons (Fsp3) is 0. The van der Waals surface area contributed by atoms with Gasteiger partial charge in [0.2, 0.25) is 0 Å². The molecule has 0 aliphatic heterocycles. The quantitative estimate of drug-likeness (QED) is 0.160. The van der Waals surface area contributed by atoms with Crippen LogP contribution >= 0.6 is 0 Å². The highest BCUT2D eigenvalue weighted by Gasteiger charge is 2.19. The van der Waals surface area contributed by atoms with Gasteiger partial charge in [-0.25, -0.2) is 0 Å².